The molecule has 0 bridgehead atoms. The molecule has 0 radical (unpaired) electrons. The number of nitrogens with one attached hydrogen (secondary N) is 2. The summed E-state index contributed by atoms with van der Waals surface area (Å²) < 4.78 is 32.8. The molecule has 0 fully saturated rings. The Morgan fingerprint density at radius 2 is 2.04 bits per heavy atom. The van der Waals surface area contributed by atoms with Gasteiger partial charge in [-0.15, -0.1) is 0 Å². The van der Waals surface area contributed by atoms with E-state index in [1.807, 2.05) is 0 Å². The van der Waals surface area contributed by atoms with Crippen LogP contribution in [0.3, 0.4) is 0 Å². The smallest absolute Gasteiger partial charge is 0.254 e. The Morgan fingerprint density at radius 3 is 2.82 bits per heavy atom. The molecule has 0 aliphatic rings. The number of aromatic amines is 1. The molecular formula is C21H15F2N3O2. The van der Waals surface area contributed by atoms with Gasteiger partial charge >= 0.3 is 0 Å². The van der Waals surface area contributed by atoms with Gasteiger partial charge in [0, 0.05) is 11.5 Å². The van der Waals surface area contributed by atoms with E-state index in [1.54, 1.807) is 36.4 Å². The zero-order chi connectivity index (χ0) is 19.5. The van der Waals surface area contributed by atoms with Crippen LogP contribution >= 0.6 is 0 Å². The molecule has 5 nitrogen and oxygen atoms in total. The van der Waals surface area contributed by atoms with Crippen molar-refractivity contribution in [2.45, 2.75) is 6.54 Å². The SMILES string of the molecule is O=C(NCc1ccco1)c1cc2c(C=Cc3cccc(F)c3)n[nH]c2cc1F. The van der Waals surface area contributed by atoms with E-state index in [9.17, 15) is 13.6 Å². The van der Waals surface area contributed by atoms with Gasteiger partial charge in [-0.05, 0) is 42.0 Å². The Kier molecular flexibility index (Phi) is 4.72. The monoisotopic (exact) mass is 379 g/mol. The largest absolute Gasteiger partial charge is 0.467 e. The van der Waals surface area contributed by atoms with Gasteiger partial charge in [-0.1, -0.05) is 18.2 Å². The fourth-order valence-corrected chi connectivity index (χ4v) is 2.82. The van der Waals surface area contributed by atoms with Gasteiger partial charge in [0.25, 0.3) is 5.91 Å². The normalized spacial score (nSPS) is 11.4. The number of fused-ring (bicyclic) bond motifs is 1. The van der Waals surface area contributed by atoms with E-state index in [4.69, 9.17) is 4.42 Å². The summed E-state index contributed by atoms with van der Waals surface area (Å²) in [5, 5.41) is 10.1. The van der Waals surface area contributed by atoms with Gasteiger partial charge in [0.1, 0.15) is 17.4 Å². The lowest BCUT2D eigenvalue weighted by atomic mass is 10.1. The molecule has 4 rings (SSSR count). The summed E-state index contributed by atoms with van der Waals surface area (Å²) >= 11 is 0. The maximum absolute atomic E-state index is 14.3. The van der Waals surface area contributed by atoms with Crippen molar-refractivity contribution in [3.8, 4) is 0 Å². The quantitative estimate of drug-likeness (QED) is 0.535. The molecule has 28 heavy (non-hydrogen) atoms. The molecule has 0 aliphatic carbocycles. The highest BCUT2D eigenvalue weighted by Crippen LogP contribution is 2.22. The number of hydrogen-bond acceptors (Lipinski definition) is 3. The van der Waals surface area contributed by atoms with E-state index in [0.29, 0.717) is 27.9 Å². The third-order valence-electron chi connectivity index (χ3n) is 4.21. The number of furan rings is 1. The van der Waals surface area contributed by atoms with Crippen LogP contribution in [0.5, 0.6) is 0 Å². The van der Waals surface area contributed by atoms with Gasteiger partial charge in [0.15, 0.2) is 0 Å². The Labute approximate surface area is 158 Å². The highest BCUT2D eigenvalue weighted by molar-refractivity contribution is 6.00. The van der Waals surface area contributed by atoms with Crippen LogP contribution in [-0.4, -0.2) is 16.1 Å². The van der Waals surface area contributed by atoms with E-state index in [1.165, 1.54) is 30.5 Å². The van der Waals surface area contributed by atoms with Crippen molar-refractivity contribution in [2.75, 3.05) is 0 Å². The predicted octanol–water partition coefficient (Wildman–Crippen LogP) is 4.53. The lowest BCUT2D eigenvalue weighted by Gasteiger charge is -2.05. The highest BCUT2D eigenvalue weighted by Gasteiger charge is 2.16. The molecule has 0 saturated heterocycles. The fourth-order valence-electron chi connectivity index (χ4n) is 2.82. The average molecular weight is 379 g/mol. The number of H-pyrrole nitrogens is 1. The van der Waals surface area contributed by atoms with Crippen LogP contribution in [0.15, 0.2) is 59.2 Å². The third-order valence-corrected chi connectivity index (χ3v) is 4.21. The number of nitrogens with zero attached hydrogens (tertiary/aromatic N) is 1. The van der Waals surface area contributed by atoms with Crippen molar-refractivity contribution in [3.05, 3.63) is 89.0 Å². The zero-order valence-corrected chi connectivity index (χ0v) is 14.6. The van der Waals surface area contributed by atoms with Crippen molar-refractivity contribution < 1.29 is 18.0 Å². The minimum atomic E-state index is -0.659. The van der Waals surface area contributed by atoms with Crippen LogP contribution < -0.4 is 5.32 Å². The standard InChI is InChI=1S/C21H15F2N3O2/c22-14-4-1-3-13(9-14)6-7-19-17-10-16(18(23)11-20(17)26-25-19)21(27)24-12-15-5-2-8-28-15/h1-11H,12H2,(H,24,27)(H,25,26). The second kappa shape index (κ2) is 7.48. The van der Waals surface area contributed by atoms with Crippen LogP contribution in [0.4, 0.5) is 8.78 Å². The van der Waals surface area contributed by atoms with E-state index >= 15 is 0 Å². The average Bonchev–Trinajstić information content (AvgIpc) is 3.33. The molecule has 2 N–H and O–H groups in total. The minimum Gasteiger partial charge on any atom is -0.467 e. The second-order valence-corrected chi connectivity index (χ2v) is 6.14. The molecule has 2 aromatic heterocycles. The lowest BCUT2D eigenvalue weighted by Crippen LogP contribution is -2.23. The number of aromatic nitrogens is 2. The molecule has 1 amide bonds. The molecule has 0 spiro atoms. The summed E-state index contributed by atoms with van der Waals surface area (Å²) in [5.74, 6) is -0.991. The molecule has 2 heterocycles. The summed E-state index contributed by atoms with van der Waals surface area (Å²) in [6.07, 6.45) is 4.87. The van der Waals surface area contributed by atoms with Gasteiger partial charge in [-0.2, -0.15) is 5.10 Å². The first kappa shape index (κ1) is 17.7. The van der Waals surface area contributed by atoms with Crippen molar-refractivity contribution in [1.82, 2.24) is 15.5 Å². The first-order chi connectivity index (χ1) is 13.6. The van der Waals surface area contributed by atoms with Gasteiger partial charge in [-0.25, -0.2) is 8.78 Å². The topological polar surface area (TPSA) is 70.9 Å². The van der Waals surface area contributed by atoms with Gasteiger partial charge in [0.2, 0.25) is 0 Å². The van der Waals surface area contributed by atoms with Gasteiger partial charge < -0.3 is 9.73 Å². The Balaban J connectivity index is 1.61. The molecule has 7 heteroatoms. The lowest BCUT2D eigenvalue weighted by molar-refractivity contribution is 0.0944. The number of amides is 1. The summed E-state index contributed by atoms with van der Waals surface area (Å²) in [6, 6.07) is 12.2. The number of halogens is 2. The molecule has 0 saturated carbocycles. The Bertz CT molecular complexity index is 1160. The number of rotatable bonds is 5. The van der Waals surface area contributed by atoms with Crippen molar-refractivity contribution >= 4 is 29.0 Å². The summed E-state index contributed by atoms with van der Waals surface area (Å²) in [7, 11) is 0. The second-order valence-electron chi connectivity index (χ2n) is 6.14. The van der Waals surface area contributed by atoms with Crippen LogP contribution in [-0.2, 0) is 6.54 Å². The molecule has 0 atom stereocenters. The van der Waals surface area contributed by atoms with E-state index < -0.39 is 11.7 Å². The first-order valence-electron chi connectivity index (χ1n) is 8.52. The maximum Gasteiger partial charge on any atom is 0.254 e. The van der Waals surface area contributed by atoms with Crippen molar-refractivity contribution in [3.63, 3.8) is 0 Å². The summed E-state index contributed by atoms with van der Waals surface area (Å²) in [5.41, 5.74) is 1.54. The minimum absolute atomic E-state index is 0.0964. The molecule has 2 aromatic carbocycles. The van der Waals surface area contributed by atoms with Crippen molar-refractivity contribution in [1.29, 1.82) is 0 Å². The van der Waals surface area contributed by atoms with Crippen LogP contribution in [0.1, 0.15) is 27.4 Å². The molecule has 4 aromatic rings. The van der Waals surface area contributed by atoms with Gasteiger partial charge in [-0.3, -0.25) is 9.89 Å². The van der Waals surface area contributed by atoms with Crippen LogP contribution in [0, 0.1) is 11.6 Å². The predicted molar refractivity (Wildman–Crippen MR) is 101 cm³/mol. The number of carbonyl (C=O) groups is 1. The van der Waals surface area contributed by atoms with E-state index in [-0.39, 0.29) is 17.9 Å². The number of benzene rings is 2. The molecular weight excluding hydrogens is 364 g/mol. The maximum atomic E-state index is 14.3. The summed E-state index contributed by atoms with van der Waals surface area (Å²) in [6.45, 7) is 0.154. The fraction of sp³-hybridized carbons (Fsp3) is 0.0476. The van der Waals surface area contributed by atoms with E-state index in [2.05, 4.69) is 15.5 Å². The van der Waals surface area contributed by atoms with Crippen LogP contribution in [0.2, 0.25) is 0 Å². The number of carbonyl (C=O) groups excluding carboxylic acids is 1. The molecule has 0 aliphatic heterocycles. The number of hydrogen-bond donors (Lipinski definition) is 2. The molecule has 0 unspecified atom stereocenters. The summed E-state index contributed by atoms with van der Waals surface area (Å²) in [4.78, 5) is 12.4. The van der Waals surface area contributed by atoms with Crippen LogP contribution in [0.25, 0.3) is 23.1 Å². The van der Waals surface area contributed by atoms with Crippen molar-refractivity contribution in [2.24, 2.45) is 0 Å². The van der Waals surface area contributed by atoms with E-state index in [0.717, 1.165) is 0 Å². The van der Waals surface area contributed by atoms with Gasteiger partial charge in [0.05, 0.1) is 29.6 Å². The Morgan fingerprint density at radius 1 is 1.14 bits per heavy atom. The third kappa shape index (κ3) is 3.68. The Hall–Kier alpha value is -3.74. The zero-order valence-electron chi connectivity index (χ0n) is 14.6. The highest BCUT2D eigenvalue weighted by atomic mass is 19.1. The molecule has 140 valence electrons. The first-order valence-corrected chi connectivity index (χ1v) is 8.52.